The first-order valence-corrected chi connectivity index (χ1v) is 7.03. The lowest BCUT2D eigenvalue weighted by molar-refractivity contribution is -0.118. The maximum atomic E-state index is 10.6. The Hall–Kier alpha value is -1.36. The summed E-state index contributed by atoms with van der Waals surface area (Å²) in [7, 11) is 0. The van der Waals surface area contributed by atoms with E-state index in [1.165, 1.54) is 11.3 Å². The van der Waals surface area contributed by atoms with E-state index in [-0.39, 0.29) is 11.9 Å². The van der Waals surface area contributed by atoms with Crippen molar-refractivity contribution in [3.8, 4) is 0 Å². The van der Waals surface area contributed by atoms with Crippen molar-refractivity contribution in [2.24, 2.45) is 5.73 Å². The molecule has 5 nitrogen and oxygen atoms in total. The average Bonchev–Trinajstić information content (AvgIpc) is 2.63. The van der Waals surface area contributed by atoms with Crippen molar-refractivity contribution in [3.05, 3.63) is 17.0 Å². The largest absolute Gasteiger partial charge is 0.370 e. The van der Waals surface area contributed by atoms with Gasteiger partial charge in [-0.15, -0.1) is 0 Å². The van der Waals surface area contributed by atoms with Crippen LogP contribution in [0.2, 0.25) is 0 Å². The van der Waals surface area contributed by atoms with Crippen molar-refractivity contribution in [2.75, 3.05) is 6.54 Å². The molecule has 1 atom stereocenters. The number of aryl methyl sites for hydroxylation is 2. The van der Waals surface area contributed by atoms with Gasteiger partial charge in [0.15, 0.2) is 0 Å². The molecule has 5 heteroatoms. The minimum absolute atomic E-state index is 0.219. The van der Waals surface area contributed by atoms with Crippen LogP contribution in [0.15, 0.2) is 0 Å². The highest BCUT2D eigenvalue weighted by Gasteiger charge is 2.16. The molecule has 108 valence electrons. The number of hydrogen-bond acceptors (Lipinski definition) is 3. The van der Waals surface area contributed by atoms with Gasteiger partial charge >= 0.3 is 0 Å². The third-order valence-electron chi connectivity index (χ3n) is 3.47. The van der Waals surface area contributed by atoms with Gasteiger partial charge in [-0.25, -0.2) is 0 Å². The summed E-state index contributed by atoms with van der Waals surface area (Å²) in [6.45, 7) is 10.2. The molecule has 0 aromatic carbocycles. The minimum Gasteiger partial charge on any atom is -0.370 e. The maximum absolute atomic E-state index is 10.6. The van der Waals surface area contributed by atoms with Crippen LogP contribution in [0, 0.1) is 13.8 Å². The van der Waals surface area contributed by atoms with Crippen molar-refractivity contribution in [1.29, 1.82) is 0 Å². The van der Waals surface area contributed by atoms with Gasteiger partial charge in [-0.2, -0.15) is 5.10 Å². The van der Waals surface area contributed by atoms with Gasteiger partial charge in [0, 0.05) is 30.3 Å². The number of amides is 1. The maximum Gasteiger partial charge on any atom is 0.217 e. The first kappa shape index (κ1) is 15.7. The first-order chi connectivity index (χ1) is 8.97. The Morgan fingerprint density at radius 2 is 2.11 bits per heavy atom. The van der Waals surface area contributed by atoms with E-state index in [9.17, 15) is 4.79 Å². The molecule has 0 aliphatic heterocycles. The van der Waals surface area contributed by atoms with Crippen molar-refractivity contribution in [1.82, 2.24) is 15.1 Å². The van der Waals surface area contributed by atoms with Crippen molar-refractivity contribution < 1.29 is 4.79 Å². The van der Waals surface area contributed by atoms with Crippen LogP contribution in [0.3, 0.4) is 0 Å². The quantitative estimate of drug-likeness (QED) is 0.705. The van der Waals surface area contributed by atoms with E-state index in [2.05, 4.69) is 38.1 Å². The third kappa shape index (κ3) is 4.35. The van der Waals surface area contributed by atoms with Crippen LogP contribution >= 0.6 is 0 Å². The summed E-state index contributed by atoms with van der Waals surface area (Å²) in [5.74, 6) is -0.219. The number of nitrogens with two attached hydrogens (primary N) is 1. The van der Waals surface area contributed by atoms with E-state index in [1.54, 1.807) is 0 Å². The van der Waals surface area contributed by atoms with Crippen LogP contribution in [0.4, 0.5) is 0 Å². The van der Waals surface area contributed by atoms with Crippen LogP contribution in [0.5, 0.6) is 0 Å². The number of aromatic nitrogens is 2. The van der Waals surface area contributed by atoms with Gasteiger partial charge in [-0.05, 0) is 47.1 Å². The summed E-state index contributed by atoms with van der Waals surface area (Å²) in [5.41, 5.74) is 8.73. The zero-order valence-electron chi connectivity index (χ0n) is 12.5. The molecule has 1 aromatic rings. The van der Waals surface area contributed by atoms with Crippen LogP contribution in [0.1, 0.15) is 56.1 Å². The number of carbonyl (C=O) groups excluding carboxylic acids is 1. The Balaban J connectivity index is 2.47. The molecule has 1 rings (SSSR count). The Kier molecular flexibility index (Phi) is 6.02. The number of hydrogen-bond donors (Lipinski definition) is 2. The van der Waals surface area contributed by atoms with Crippen LogP contribution in [-0.2, 0) is 11.3 Å². The topological polar surface area (TPSA) is 72.9 Å². The van der Waals surface area contributed by atoms with Gasteiger partial charge in [-0.3, -0.25) is 9.48 Å². The van der Waals surface area contributed by atoms with E-state index in [1.807, 2.05) is 4.68 Å². The molecule has 0 aliphatic carbocycles. The van der Waals surface area contributed by atoms with E-state index >= 15 is 0 Å². The van der Waals surface area contributed by atoms with E-state index < -0.39 is 0 Å². The molecule has 0 saturated carbocycles. The summed E-state index contributed by atoms with van der Waals surface area (Å²) >= 11 is 0. The smallest absolute Gasteiger partial charge is 0.217 e. The SMILES string of the molecule is CCn1nc(C)c(C(C)NCCCCC(N)=O)c1C. The molecule has 0 spiro atoms. The molecule has 0 radical (unpaired) electrons. The second kappa shape index (κ2) is 7.28. The molecule has 3 N–H and O–H groups in total. The monoisotopic (exact) mass is 266 g/mol. The van der Waals surface area contributed by atoms with Crippen LogP contribution < -0.4 is 11.1 Å². The summed E-state index contributed by atoms with van der Waals surface area (Å²) in [4.78, 5) is 10.6. The average molecular weight is 266 g/mol. The fourth-order valence-corrected chi connectivity index (χ4v) is 2.49. The van der Waals surface area contributed by atoms with Crippen LogP contribution in [0.25, 0.3) is 0 Å². The van der Waals surface area contributed by atoms with Crippen LogP contribution in [-0.4, -0.2) is 22.2 Å². The molecular weight excluding hydrogens is 240 g/mol. The van der Waals surface area contributed by atoms with Gasteiger partial charge in [0.25, 0.3) is 0 Å². The Morgan fingerprint density at radius 3 is 2.63 bits per heavy atom. The molecule has 0 bridgehead atoms. The summed E-state index contributed by atoms with van der Waals surface area (Å²) < 4.78 is 2.04. The molecule has 1 aromatic heterocycles. The molecule has 1 amide bonds. The van der Waals surface area contributed by atoms with Gasteiger partial charge in [0.05, 0.1) is 5.69 Å². The van der Waals surface area contributed by atoms with Gasteiger partial charge in [0.1, 0.15) is 0 Å². The highest BCUT2D eigenvalue weighted by atomic mass is 16.1. The predicted molar refractivity (Wildman–Crippen MR) is 76.8 cm³/mol. The summed E-state index contributed by atoms with van der Waals surface area (Å²) in [6.07, 6.45) is 2.29. The number of carbonyl (C=O) groups is 1. The van der Waals surface area contributed by atoms with Gasteiger partial charge in [0.2, 0.25) is 5.91 Å². The number of nitrogens with one attached hydrogen (secondary N) is 1. The standard InChI is InChI=1S/C14H26N4O/c1-5-18-12(4)14(11(3)17-18)10(2)16-9-7-6-8-13(15)19/h10,16H,5-9H2,1-4H3,(H2,15,19). The lowest BCUT2D eigenvalue weighted by Crippen LogP contribution is -2.21. The fraction of sp³-hybridized carbons (Fsp3) is 0.714. The highest BCUT2D eigenvalue weighted by Crippen LogP contribution is 2.21. The predicted octanol–water partition coefficient (Wildman–Crippen LogP) is 1.83. The fourth-order valence-electron chi connectivity index (χ4n) is 2.49. The van der Waals surface area contributed by atoms with Crippen molar-refractivity contribution >= 4 is 5.91 Å². The molecule has 0 saturated heterocycles. The summed E-state index contributed by atoms with van der Waals surface area (Å²) in [6, 6.07) is 0.286. The molecule has 19 heavy (non-hydrogen) atoms. The molecule has 1 unspecified atom stereocenters. The number of rotatable bonds is 8. The number of primary amides is 1. The van der Waals surface area contributed by atoms with E-state index in [0.717, 1.165) is 31.6 Å². The van der Waals surface area contributed by atoms with Gasteiger partial charge in [-0.1, -0.05) is 0 Å². The Bertz CT molecular complexity index is 425. The third-order valence-corrected chi connectivity index (χ3v) is 3.47. The molecule has 0 aliphatic rings. The first-order valence-electron chi connectivity index (χ1n) is 7.03. The second-order valence-electron chi connectivity index (χ2n) is 5.00. The minimum atomic E-state index is -0.219. The van der Waals surface area contributed by atoms with Crippen molar-refractivity contribution in [2.45, 2.75) is 59.5 Å². The highest BCUT2D eigenvalue weighted by molar-refractivity contribution is 5.73. The zero-order chi connectivity index (χ0) is 14.4. The molecule has 0 fully saturated rings. The Labute approximate surface area is 115 Å². The lowest BCUT2D eigenvalue weighted by atomic mass is 10.1. The lowest BCUT2D eigenvalue weighted by Gasteiger charge is -2.14. The Morgan fingerprint density at radius 1 is 1.42 bits per heavy atom. The number of unbranched alkanes of at least 4 members (excludes halogenated alkanes) is 1. The van der Waals surface area contributed by atoms with E-state index in [4.69, 9.17) is 5.73 Å². The zero-order valence-corrected chi connectivity index (χ0v) is 12.5. The van der Waals surface area contributed by atoms with Gasteiger partial charge < -0.3 is 11.1 Å². The normalized spacial score (nSPS) is 12.6. The second-order valence-corrected chi connectivity index (χ2v) is 5.00. The van der Waals surface area contributed by atoms with Crippen molar-refractivity contribution in [3.63, 3.8) is 0 Å². The summed E-state index contributed by atoms with van der Waals surface area (Å²) in [5, 5.41) is 8.02. The number of nitrogens with zero attached hydrogens (tertiary/aromatic N) is 2. The van der Waals surface area contributed by atoms with E-state index in [0.29, 0.717) is 6.42 Å². The molecule has 1 heterocycles. The molecular formula is C14H26N4O.